The van der Waals surface area contributed by atoms with Crippen LogP contribution in [0.5, 0.6) is 0 Å². The molecule has 0 radical (unpaired) electrons. The number of fused-ring (bicyclic) bond motifs is 1. The molecule has 110 valence electrons. The van der Waals surface area contributed by atoms with E-state index in [0.29, 0.717) is 22.0 Å². The molecule has 0 saturated heterocycles. The number of anilines is 1. The number of rotatable bonds is 2. The van der Waals surface area contributed by atoms with E-state index in [-0.39, 0.29) is 5.56 Å². The van der Waals surface area contributed by atoms with Gasteiger partial charge in [-0.15, -0.1) is 0 Å². The molecule has 1 aromatic heterocycles. The van der Waals surface area contributed by atoms with Gasteiger partial charge >= 0.3 is 0 Å². The van der Waals surface area contributed by atoms with Gasteiger partial charge in [0.1, 0.15) is 5.82 Å². The average Bonchev–Trinajstić information content (AvgIpc) is 2.51. The van der Waals surface area contributed by atoms with Crippen molar-refractivity contribution in [2.24, 2.45) is 7.05 Å². The Balaban J connectivity index is 2.08. The van der Waals surface area contributed by atoms with Crippen LogP contribution in [0.4, 0.5) is 10.1 Å². The van der Waals surface area contributed by atoms with Gasteiger partial charge in [-0.05, 0) is 24.3 Å². The molecule has 3 aromatic rings. The highest BCUT2D eigenvalue weighted by Gasteiger charge is 2.13. The molecule has 5 heteroatoms. The fourth-order valence-corrected chi connectivity index (χ4v) is 2.36. The van der Waals surface area contributed by atoms with Crippen molar-refractivity contribution in [3.63, 3.8) is 0 Å². The standard InChI is InChI=1S/C17H13FN2O2/c1-20-10-15(13-7-2-3-8-14(13)17(20)22)16(21)19-12-6-4-5-11(18)9-12/h2-10H,1H3,(H,19,21). The van der Waals surface area contributed by atoms with E-state index in [1.165, 1.54) is 29.0 Å². The molecule has 0 bridgehead atoms. The predicted molar refractivity (Wildman–Crippen MR) is 83.5 cm³/mol. The Bertz CT molecular complexity index is 931. The van der Waals surface area contributed by atoms with E-state index in [0.717, 1.165) is 0 Å². The molecule has 1 N–H and O–H groups in total. The third-order valence-corrected chi connectivity index (χ3v) is 3.42. The normalized spacial score (nSPS) is 10.6. The van der Waals surface area contributed by atoms with Crippen LogP contribution < -0.4 is 10.9 Å². The van der Waals surface area contributed by atoms with Crippen LogP contribution >= 0.6 is 0 Å². The first-order chi connectivity index (χ1) is 10.6. The lowest BCUT2D eigenvalue weighted by Gasteiger charge is -2.10. The molecule has 0 saturated carbocycles. The molecule has 22 heavy (non-hydrogen) atoms. The van der Waals surface area contributed by atoms with Crippen molar-refractivity contribution < 1.29 is 9.18 Å². The molecule has 0 fully saturated rings. The van der Waals surface area contributed by atoms with Crippen molar-refractivity contribution in [2.45, 2.75) is 0 Å². The van der Waals surface area contributed by atoms with E-state index in [4.69, 9.17) is 0 Å². The van der Waals surface area contributed by atoms with E-state index in [1.807, 2.05) is 0 Å². The van der Waals surface area contributed by atoms with Crippen LogP contribution in [0, 0.1) is 5.82 Å². The number of pyridine rings is 1. The minimum atomic E-state index is -0.428. The Morgan fingerprint density at radius 2 is 1.82 bits per heavy atom. The molecule has 1 heterocycles. The molecule has 3 rings (SSSR count). The summed E-state index contributed by atoms with van der Waals surface area (Å²) in [7, 11) is 1.59. The fourth-order valence-electron chi connectivity index (χ4n) is 2.36. The van der Waals surface area contributed by atoms with Crippen LogP contribution in [0.2, 0.25) is 0 Å². The molecule has 0 aliphatic rings. The second-order valence-corrected chi connectivity index (χ2v) is 4.97. The lowest BCUT2D eigenvalue weighted by molar-refractivity contribution is 0.102. The van der Waals surface area contributed by atoms with Crippen LogP contribution in [0.25, 0.3) is 10.8 Å². The molecule has 0 aliphatic heterocycles. The van der Waals surface area contributed by atoms with Gasteiger partial charge in [-0.25, -0.2) is 4.39 Å². The highest BCUT2D eigenvalue weighted by atomic mass is 19.1. The zero-order chi connectivity index (χ0) is 15.7. The third kappa shape index (κ3) is 2.48. The van der Waals surface area contributed by atoms with Gasteiger partial charge in [0.25, 0.3) is 11.5 Å². The summed E-state index contributed by atoms with van der Waals surface area (Å²) < 4.78 is 14.6. The van der Waals surface area contributed by atoms with Crippen molar-refractivity contribution >= 4 is 22.4 Å². The number of nitrogens with one attached hydrogen (secondary N) is 1. The topological polar surface area (TPSA) is 51.1 Å². The van der Waals surface area contributed by atoms with Crippen molar-refractivity contribution in [1.82, 2.24) is 4.57 Å². The summed E-state index contributed by atoms with van der Waals surface area (Å²) >= 11 is 0. The molecule has 0 spiro atoms. The van der Waals surface area contributed by atoms with Crippen molar-refractivity contribution in [2.75, 3.05) is 5.32 Å². The van der Waals surface area contributed by atoms with E-state index in [1.54, 1.807) is 37.4 Å². The summed E-state index contributed by atoms with van der Waals surface area (Å²) in [6, 6.07) is 12.6. The smallest absolute Gasteiger partial charge is 0.258 e. The maximum atomic E-state index is 13.2. The number of carbonyl (C=O) groups is 1. The summed E-state index contributed by atoms with van der Waals surface area (Å²) in [4.78, 5) is 24.5. The van der Waals surface area contributed by atoms with Gasteiger partial charge in [0, 0.05) is 29.7 Å². The maximum Gasteiger partial charge on any atom is 0.258 e. The first-order valence-corrected chi connectivity index (χ1v) is 6.71. The second-order valence-electron chi connectivity index (χ2n) is 4.97. The van der Waals surface area contributed by atoms with Gasteiger partial charge in [-0.2, -0.15) is 0 Å². The van der Waals surface area contributed by atoms with Gasteiger partial charge in [-0.1, -0.05) is 24.3 Å². The SMILES string of the molecule is Cn1cc(C(=O)Nc2cccc(F)c2)c2ccccc2c1=O. The van der Waals surface area contributed by atoms with Crippen LogP contribution in [0.1, 0.15) is 10.4 Å². The monoisotopic (exact) mass is 296 g/mol. The lowest BCUT2D eigenvalue weighted by atomic mass is 10.1. The summed E-state index contributed by atoms with van der Waals surface area (Å²) in [5, 5.41) is 3.68. The summed E-state index contributed by atoms with van der Waals surface area (Å²) in [6.45, 7) is 0. The van der Waals surface area contributed by atoms with Gasteiger partial charge < -0.3 is 9.88 Å². The zero-order valence-electron chi connectivity index (χ0n) is 11.8. The molecule has 0 unspecified atom stereocenters. The Morgan fingerprint density at radius 1 is 1.09 bits per heavy atom. The fraction of sp³-hybridized carbons (Fsp3) is 0.0588. The van der Waals surface area contributed by atoms with Crippen LogP contribution in [0.15, 0.2) is 59.5 Å². The molecule has 0 atom stereocenters. The van der Waals surface area contributed by atoms with Gasteiger partial charge in [0.2, 0.25) is 0 Å². The van der Waals surface area contributed by atoms with Crippen molar-refractivity contribution in [1.29, 1.82) is 0 Å². The maximum absolute atomic E-state index is 13.2. The Labute approximate surface area is 125 Å². The number of hydrogen-bond donors (Lipinski definition) is 1. The molecular weight excluding hydrogens is 283 g/mol. The Morgan fingerprint density at radius 3 is 2.55 bits per heavy atom. The van der Waals surface area contributed by atoms with Crippen LogP contribution in [-0.2, 0) is 7.05 Å². The first kappa shape index (κ1) is 14.0. The highest BCUT2D eigenvalue weighted by molar-refractivity contribution is 6.12. The average molecular weight is 296 g/mol. The Kier molecular flexibility index (Phi) is 3.47. The van der Waals surface area contributed by atoms with E-state index in [9.17, 15) is 14.0 Å². The van der Waals surface area contributed by atoms with E-state index in [2.05, 4.69) is 5.32 Å². The summed E-state index contributed by atoms with van der Waals surface area (Å²) in [5.41, 5.74) is 0.558. The first-order valence-electron chi connectivity index (χ1n) is 6.71. The number of aromatic nitrogens is 1. The minimum Gasteiger partial charge on any atom is -0.322 e. The quantitative estimate of drug-likeness (QED) is 0.790. The van der Waals surface area contributed by atoms with E-state index < -0.39 is 11.7 Å². The van der Waals surface area contributed by atoms with Gasteiger partial charge in [-0.3, -0.25) is 9.59 Å². The summed E-state index contributed by atoms with van der Waals surface area (Å²) in [6.07, 6.45) is 1.49. The van der Waals surface area contributed by atoms with E-state index >= 15 is 0 Å². The van der Waals surface area contributed by atoms with Crippen LogP contribution in [0.3, 0.4) is 0 Å². The molecule has 0 aliphatic carbocycles. The second kappa shape index (κ2) is 5.44. The molecular formula is C17H13FN2O2. The number of hydrogen-bond acceptors (Lipinski definition) is 2. The lowest BCUT2D eigenvalue weighted by Crippen LogP contribution is -2.21. The third-order valence-electron chi connectivity index (χ3n) is 3.42. The molecule has 2 aromatic carbocycles. The Hall–Kier alpha value is -2.95. The van der Waals surface area contributed by atoms with Crippen molar-refractivity contribution in [3.05, 3.63) is 76.5 Å². The van der Waals surface area contributed by atoms with Gasteiger partial charge in [0.15, 0.2) is 0 Å². The molecule has 1 amide bonds. The zero-order valence-corrected chi connectivity index (χ0v) is 11.8. The highest BCUT2D eigenvalue weighted by Crippen LogP contribution is 2.17. The van der Waals surface area contributed by atoms with Crippen LogP contribution in [-0.4, -0.2) is 10.5 Å². The number of nitrogens with zero attached hydrogens (tertiary/aromatic N) is 1. The largest absolute Gasteiger partial charge is 0.322 e. The minimum absolute atomic E-state index is 0.169. The van der Waals surface area contributed by atoms with Crippen molar-refractivity contribution in [3.8, 4) is 0 Å². The number of aryl methyl sites for hydroxylation is 1. The van der Waals surface area contributed by atoms with Gasteiger partial charge in [0.05, 0.1) is 5.56 Å². The number of halogens is 1. The molecule has 4 nitrogen and oxygen atoms in total. The number of amides is 1. The number of benzene rings is 2. The predicted octanol–water partition coefficient (Wildman–Crippen LogP) is 2.93. The number of carbonyl (C=O) groups excluding carboxylic acids is 1. The summed E-state index contributed by atoms with van der Waals surface area (Å²) in [5.74, 6) is -0.819.